The quantitative estimate of drug-likeness (QED) is 0.319. The fourth-order valence-electron chi connectivity index (χ4n) is 3.99. The second-order valence-electron chi connectivity index (χ2n) is 8.02. The zero-order valence-corrected chi connectivity index (χ0v) is 22.9. The second-order valence-corrected chi connectivity index (χ2v) is 9.89. The van der Waals surface area contributed by atoms with E-state index in [1.165, 1.54) is 23.0 Å². The predicted octanol–water partition coefficient (Wildman–Crippen LogP) is 3.84. The van der Waals surface area contributed by atoms with E-state index in [0.717, 1.165) is 0 Å². The standard InChI is InChI=1S/C27H25BrN2O6S/c1-5-11-36-18-9-7-17(8-10-18)23-22(26(33)35-6-2)15(3)29-27-30(23)25(32)21(37-27)14-16-12-19(28)24(31)20(13-16)34-4/h5,7-10,12-14,23,31H,1,6,11H2,2-4H3. The van der Waals surface area contributed by atoms with E-state index >= 15 is 0 Å². The maximum absolute atomic E-state index is 13.7. The number of thiazole rings is 1. The highest BCUT2D eigenvalue weighted by atomic mass is 79.9. The number of phenolic OH excluding ortho intramolecular Hbond substituents is 1. The van der Waals surface area contributed by atoms with Crippen molar-refractivity contribution in [3.05, 3.63) is 95.6 Å². The zero-order chi connectivity index (χ0) is 26.7. The minimum atomic E-state index is -0.730. The number of hydrogen-bond acceptors (Lipinski definition) is 8. The number of hydrogen-bond donors (Lipinski definition) is 1. The molecule has 2 aromatic carbocycles. The van der Waals surface area contributed by atoms with Crippen LogP contribution in [0.2, 0.25) is 0 Å². The average Bonchev–Trinajstić information content (AvgIpc) is 3.18. The van der Waals surface area contributed by atoms with Crippen LogP contribution >= 0.6 is 27.3 Å². The number of carbonyl (C=O) groups excluding carboxylic acids is 1. The molecule has 0 saturated heterocycles. The van der Waals surface area contributed by atoms with Crippen LogP contribution in [0.5, 0.6) is 17.2 Å². The van der Waals surface area contributed by atoms with Crippen molar-refractivity contribution in [2.24, 2.45) is 4.99 Å². The summed E-state index contributed by atoms with van der Waals surface area (Å²) < 4.78 is 18.5. The number of aromatic nitrogens is 1. The van der Waals surface area contributed by atoms with Gasteiger partial charge in [-0.3, -0.25) is 9.36 Å². The Kier molecular flexibility index (Phi) is 7.99. The molecule has 0 radical (unpaired) electrons. The van der Waals surface area contributed by atoms with Gasteiger partial charge in [-0.1, -0.05) is 36.1 Å². The summed E-state index contributed by atoms with van der Waals surface area (Å²) in [6, 6.07) is 9.80. The van der Waals surface area contributed by atoms with E-state index in [1.807, 2.05) is 12.1 Å². The fraction of sp³-hybridized carbons (Fsp3) is 0.222. The van der Waals surface area contributed by atoms with Crippen molar-refractivity contribution in [2.45, 2.75) is 19.9 Å². The van der Waals surface area contributed by atoms with Gasteiger partial charge in [-0.05, 0) is 71.2 Å². The largest absolute Gasteiger partial charge is 0.503 e. The molecular formula is C27H25BrN2O6S. The first-order valence-corrected chi connectivity index (χ1v) is 13.0. The Balaban J connectivity index is 1.90. The predicted molar refractivity (Wildman–Crippen MR) is 145 cm³/mol. The van der Waals surface area contributed by atoms with Crippen LogP contribution in [0.1, 0.15) is 31.0 Å². The van der Waals surface area contributed by atoms with Crippen LogP contribution in [0.25, 0.3) is 6.08 Å². The molecule has 1 aromatic heterocycles. The number of aromatic hydroxyl groups is 1. The molecule has 0 saturated carbocycles. The Hall–Kier alpha value is -3.63. The molecule has 0 spiro atoms. The number of carbonyl (C=O) groups is 1. The number of nitrogens with zero attached hydrogens (tertiary/aromatic N) is 2. The van der Waals surface area contributed by atoms with Gasteiger partial charge in [-0.15, -0.1) is 0 Å². The number of allylic oxidation sites excluding steroid dienone is 1. The number of benzene rings is 2. The van der Waals surface area contributed by atoms with Crippen molar-refractivity contribution in [1.29, 1.82) is 0 Å². The lowest BCUT2D eigenvalue weighted by atomic mass is 9.96. The lowest BCUT2D eigenvalue weighted by Gasteiger charge is -2.24. The van der Waals surface area contributed by atoms with E-state index in [9.17, 15) is 14.7 Å². The molecule has 192 valence electrons. The number of halogens is 1. The normalized spacial score (nSPS) is 15.1. The molecule has 37 heavy (non-hydrogen) atoms. The molecule has 4 rings (SSSR count). The lowest BCUT2D eigenvalue weighted by Crippen LogP contribution is -2.39. The minimum absolute atomic E-state index is 0.0312. The summed E-state index contributed by atoms with van der Waals surface area (Å²) in [7, 11) is 1.45. The SMILES string of the molecule is C=CCOc1ccc(C2C(C(=O)OCC)=C(C)N=c3sc(=Cc4cc(Br)c(O)c(OC)c4)c(=O)n32)cc1. The molecule has 1 aliphatic rings. The van der Waals surface area contributed by atoms with E-state index in [-0.39, 0.29) is 23.7 Å². The van der Waals surface area contributed by atoms with Crippen molar-refractivity contribution in [3.63, 3.8) is 0 Å². The molecule has 1 aliphatic heterocycles. The van der Waals surface area contributed by atoms with Crippen LogP contribution in [0, 0.1) is 0 Å². The summed E-state index contributed by atoms with van der Waals surface area (Å²) in [4.78, 5) is 31.8. The summed E-state index contributed by atoms with van der Waals surface area (Å²) in [5.74, 6) is 0.352. The van der Waals surface area contributed by atoms with Crippen molar-refractivity contribution in [2.75, 3.05) is 20.3 Å². The number of rotatable bonds is 8. The van der Waals surface area contributed by atoms with E-state index < -0.39 is 12.0 Å². The number of methoxy groups -OCH3 is 1. The third-order valence-electron chi connectivity index (χ3n) is 5.65. The summed E-state index contributed by atoms with van der Waals surface area (Å²) in [5.41, 5.74) is 1.84. The van der Waals surface area contributed by atoms with Crippen molar-refractivity contribution < 1.29 is 24.1 Å². The number of phenols is 1. The Bertz CT molecular complexity index is 1570. The van der Waals surface area contributed by atoms with Crippen LogP contribution in [0.3, 0.4) is 0 Å². The first-order chi connectivity index (χ1) is 17.8. The van der Waals surface area contributed by atoms with Gasteiger partial charge in [0.2, 0.25) is 0 Å². The number of esters is 1. The number of ether oxygens (including phenoxy) is 3. The first-order valence-electron chi connectivity index (χ1n) is 11.4. The third kappa shape index (κ3) is 5.26. The Morgan fingerprint density at radius 2 is 2.03 bits per heavy atom. The van der Waals surface area contributed by atoms with Gasteiger partial charge >= 0.3 is 5.97 Å². The third-order valence-corrected chi connectivity index (χ3v) is 7.24. The molecular weight excluding hydrogens is 560 g/mol. The topological polar surface area (TPSA) is 99.4 Å². The Labute approximate surface area is 225 Å². The molecule has 2 heterocycles. The van der Waals surface area contributed by atoms with Gasteiger partial charge in [-0.2, -0.15) is 0 Å². The summed E-state index contributed by atoms with van der Waals surface area (Å²) >= 11 is 4.52. The van der Waals surface area contributed by atoms with Crippen LogP contribution in [0.15, 0.2) is 74.6 Å². The maximum atomic E-state index is 13.7. The summed E-state index contributed by atoms with van der Waals surface area (Å²) in [6.07, 6.45) is 3.35. The summed E-state index contributed by atoms with van der Waals surface area (Å²) in [5, 5.41) is 10.1. The van der Waals surface area contributed by atoms with Crippen molar-refractivity contribution in [3.8, 4) is 17.2 Å². The van der Waals surface area contributed by atoms with E-state index in [2.05, 4.69) is 27.5 Å². The van der Waals surface area contributed by atoms with Gasteiger partial charge < -0.3 is 19.3 Å². The van der Waals surface area contributed by atoms with Gasteiger partial charge in [0.25, 0.3) is 5.56 Å². The molecule has 1 atom stereocenters. The molecule has 8 nitrogen and oxygen atoms in total. The van der Waals surface area contributed by atoms with Crippen molar-refractivity contribution in [1.82, 2.24) is 4.57 Å². The molecule has 1 unspecified atom stereocenters. The van der Waals surface area contributed by atoms with Crippen LogP contribution < -0.4 is 24.4 Å². The molecule has 3 aromatic rings. The Morgan fingerprint density at radius 3 is 2.68 bits per heavy atom. The molecule has 1 N–H and O–H groups in total. The Morgan fingerprint density at radius 1 is 1.30 bits per heavy atom. The van der Waals surface area contributed by atoms with Crippen LogP contribution in [0.4, 0.5) is 0 Å². The van der Waals surface area contributed by atoms with Gasteiger partial charge in [0.15, 0.2) is 16.3 Å². The van der Waals surface area contributed by atoms with Gasteiger partial charge in [0.05, 0.1) is 40.0 Å². The molecule has 0 fully saturated rings. The number of fused-ring (bicyclic) bond motifs is 1. The highest BCUT2D eigenvalue weighted by molar-refractivity contribution is 9.10. The summed E-state index contributed by atoms with van der Waals surface area (Å²) in [6.45, 7) is 7.67. The van der Waals surface area contributed by atoms with Crippen LogP contribution in [-0.2, 0) is 9.53 Å². The highest BCUT2D eigenvalue weighted by Crippen LogP contribution is 2.35. The maximum Gasteiger partial charge on any atom is 0.338 e. The first kappa shape index (κ1) is 26.4. The zero-order valence-electron chi connectivity index (χ0n) is 20.5. The van der Waals surface area contributed by atoms with Gasteiger partial charge in [0, 0.05) is 0 Å². The fourth-order valence-corrected chi connectivity index (χ4v) is 5.50. The molecule has 0 amide bonds. The van der Waals surface area contributed by atoms with Crippen molar-refractivity contribution >= 4 is 39.3 Å². The average molecular weight is 585 g/mol. The lowest BCUT2D eigenvalue weighted by molar-refractivity contribution is -0.139. The monoisotopic (exact) mass is 584 g/mol. The highest BCUT2D eigenvalue weighted by Gasteiger charge is 2.33. The van der Waals surface area contributed by atoms with Crippen LogP contribution in [-0.4, -0.2) is 36.0 Å². The second kappa shape index (κ2) is 11.2. The molecule has 0 bridgehead atoms. The molecule has 10 heteroatoms. The van der Waals surface area contributed by atoms with Gasteiger partial charge in [-0.25, -0.2) is 9.79 Å². The smallest absolute Gasteiger partial charge is 0.338 e. The van der Waals surface area contributed by atoms with Gasteiger partial charge in [0.1, 0.15) is 12.4 Å². The van der Waals surface area contributed by atoms with E-state index in [0.29, 0.717) is 48.6 Å². The minimum Gasteiger partial charge on any atom is -0.503 e. The van der Waals surface area contributed by atoms with E-state index in [4.69, 9.17) is 14.2 Å². The van der Waals surface area contributed by atoms with E-state index in [1.54, 1.807) is 50.3 Å². The molecule has 0 aliphatic carbocycles.